The molecule has 0 unspecified atom stereocenters. The van der Waals surface area contributed by atoms with Crippen LogP contribution in [0.2, 0.25) is 0 Å². The van der Waals surface area contributed by atoms with Crippen LogP contribution in [0, 0.1) is 0 Å². The molecule has 0 aliphatic rings. The summed E-state index contributed by atoms with van der Waals surface area (Å²) in [6.07, 6.45) is -0.859. The molecule has 194 valence electrons. The number of hydrogen-bond donors (Lipinski definition) is 1. The second-order valence-corrected chi connectivity index (χ2v) is 7.53. The predicted molar refractivity (Wildman–Crippen MR) is 131 cm³/mol. The van der Waals surface area contributed by atoms with Crippen LogP contribution in [0.5, 0.6) is 0 Å². The van der Waals surface area contributed by atoms with Crippen molar-refractivity contribution in [2.75, 3.05) is 33.5 Å². The van der Waals surface area contributed by atoms with Crippen molar-refractivity contribution in [2.24, 2.45) is 0 Å². The van der Waals surface area contributed by atoms with Crippen molar-refractivity contribution in [3.63, 3.8) is 0 Å². The van der Waals surface area contributed by atoms with Crippen molar-refractivity contribution in [1.29, 1.82) is 0 Å². The lowest BCUT2D eigenvalue weighted by molar-refractivity contribution is -0.149. The molecule has 0 aliphatic heterocycles. The number of benzene rings is 2. The molecule has 0 radical (unpaired) electrons. The zero-order chi connectivity index (χ0) is 25.7. The SMILES string of the molecule is CCOC[C@@H](O)CC(=O)OCc1ccccc1.CCOC[C@H](CC(=O)OCc1ccccc1)OC. The lowest BCUT2D eigenvalue weighted by Crippen LogP contribution is -2.23. The second kappa shape index (κ2) is 19.5. The molecule has 0 aromatic heterocycles. The molecule has 0 saturated heterocycles. The topological polar surface area (TPSA) is 101 Å². The Kier molecular flexibility index (Phi) is 16.9. The lowest BCUT2D eigenvalue weighted by Gasteiger charge is -2.14. The Balaban J connectivity index is 0.000000351. The van der Waals surface area contributed by atoms with E-state index in [2.05, 4.69) is 0 Å². The molecular formula is C27H38O8. The lowest BCUT2D eigenvalue weighted by atomic mass is 10.2. The van der Waals surface area contributed by atoms with Gasteiger partial charge in [-0.2, -0.15) is 0 Å². The summed E-state index contributed by atoms with van der Waals surface area (Å²) in [5, 5.41) is 9.42. The van der Waals surface area contributed by atoms with Gasteiger partial charge in [0, 0.05) is 20.3 Å². The molecule has 0 saturated carbocycles. The van der Waals surface area contributed by atoms with Crippen LogP contribution in [-0.4, -0.2) is 62.8 Å². The maximum atomic E-state index is 11.6. The minimum absolute atomic E-state index is 0.0349. The first-order valence-electron chi connectivity index (χ1n) is 11.7. The summed E-state index contributed by atoms with van der Waals surface area (Å²) in [5.41, 5.74) is 1.91. The van der Waals surface area contributed by atoms with Gasteiger partial charge in [-0.3, -0.25) is 9.59 Å². The van der Waals surface area contributed by atoms with E-state index >= 15 is 0 Å². The van der Waals surface area contributed by atoms with Gasteiger partial charge in [-0.15, -0.1) is 0 Å². The molecule has 0 bridgehead atoms. The number of methoxy groups -OCH3 is 1. The molecule has 35 heavy (non-hydrogen) atoms. The van der Waals surface area contributed by atoms with Crippen molar-refractivity contribution >= 4 is 11.9 Å². The zero-order valence-corrected chi connectivity index (χ0v) is 20.9. The summed E-state index contributed by atoms with van der Waals surface area (Å²) in [6.45, 7) is 5.98. The van der Waals surface area contributed by atoms with Gasteiger partial charge >= 0.3 is 11.9 Å². The maximum Gasteiger partial charge on any atom is 0.308 e. The molecule has 2 rings (SSSR count). The van der Waals surface area contributed by atoms with Crippen LogP contribution in [0.25, 0.3) is 0 Å². The third kappa shape index (κ3) is 15.7. The molecule has 0 spiro atoms. The molecule has 8 nitrogen and oxygen atoms in total. The van der Waals surface area contributed by atoms with Crippen molar-refractivity contribution in [1.82, 2.24) is 0 Å². The fraction of sp³-hybridized carbons (Fsp3) is 0.481. The molecule has 0 heterocycles. The van der Waals surface area contributed by atoms with Crippen molar-refractivity contribution < 1.29 is 38.4 Å². The normalized spacial score (nSPS) is 12.1. The highest BCUT2D eigenvalue weighted by molar-refractivity contribution is 5.70. The Labute approximate surface area is 208 Å². The van der Waals surface area contributed by atoms with Crippen LogP contribution in [0.3, 0.4) is 0 Å². The van der Waals surface area contributed by atoms with Crippen molar-refractivity contribution in [3.8, 4) is 0 Å². The van der Waals surface area contributed by atoms with Crippen molar-refractivity contribution in [2.45, 2.75) is 52.1 Å². The van der Waals surface area contributed by atoms with Gasteiger partial charge < -0.3 is 28.8 Å². The van der Waals surface area contributed by atoms with E-state index < -0.39 is 12.1 Å². The number of rotatable bonds is 15. The number of aliphatic hydroxyl groups is 1. The Morgan fingerprint density at radius 3 is 1.66 bits per heavy atom. The highest BCUT2D eigenvalue weighted by Gasteiger charge is 2.14. The molecule has 0 aliphatic carbocycles. The van der Waals surface area contributed by atoms with Crippen LogP contribution in [0.4, 0.5) is 0 Å². The first-order valence-corrected chi connectivity index (χ1v) is 11.7. The predicted octanol–water partition coefficient (Wildman–Crippen LogP) is 3.69. The van der Waals surface area contributed by atoms with Crippen LogP contribution in [-0.2, 0) is 46.5 Å². The molecule has 0 fully saturated rings. The fourth-order valence-corrected chi connectivity index (χ4v) is 2.74. The summed E-state index contributed by atoms with van der Waals surface area (Å²) in [5.74, 6) is -0.688. The summed E-state index contributed by atoms with van der Waals surface area (Å²) in [6, 6.07) is 19.0. The number of hydrogen-bond acceptors (Lipinski definition) is 8. The monoisotopic (exact) mass is 490 g/mol. The summed E-state index contributed by atoms with van der Waals surface area (Å²) >= 11 is 0. The van der Waals surface area contributed by atoms with E-state index in [9.17, 15) is 14.7 Å². The Morgan fingerprint density at radius 2 is 1.20 bits per heavy atom. The van der Waals surface area contributed by atoms with Gasteiger partial charge in [-0.25, -0.2) is 0 Å². The highest BCUT2D eigenvalue weighted by Crippen LogP contribution is 2.05. The number of ether oxygens (including phenoxy) is 5. The molecule has 0 amide bonds. The minimum Gasteiger partial charge on any atom is -0.461 e. The van der Waals surface area contributed by atoms with Gasteiger partial charge in [0.1, 0.15) is 13.2 Å². The first kappa shape index (κ1) is 30.3. The summed E-state index contributed by atoms with van der Waals surface area (Å²) in [7, 11) is 1.56. The molecule has 1 N–H and O–H groups in total. The van der Waals surface area contributed by atoms with E-state index in [4.69, 9.17) is 23.7 Å². The highest BCUT2D eigenvalue weighted by atomic mass is 16.5. The third-order valence-electron chi connectivity index (χ3n) is 4.64. The van der Waals surface area contributed by atoms with E-state index in [0.717, 1.165) is 11.1 Å². The van der Waals surface area contributed by atoms with Crippen molar-refractivity contribution in [3.05, 3.63) is 71.8 Å². The van der Waals surface area contributed by atoms with Gasteiger partial charge in [0.2, 0.25) is 0 Å². The number of esters is 2. The fourth-order valence-electron chi connectivity index (χ4n) is 2.74. The van der Waals surface area contributed by atoms with E-state index in [1.165, 1.54) is 0 Å². The first-order chi connectivity index (χ1) is 17.0. The molecule has 2 atom stereocenters. The Bertz CT molecular complexity index is 797. The average molecular weight is 491 g/mol. The number of carbonyl (C=O) groups is 2. The average Bonchev–Trinajstić information content (AvgIpc) is 2.89. The van der Waals surface area contributed by atoms with Crippen LogP contribution < -0.4 is 0 Å². The van der Waals surface area contributed by atoms with Gasteiger partial charge in [0.05, 0.1) is 38.3 Å². The second-order valence-electron chi connectivity index (χ2n) is 7.53. The molecular weight excluding hydrogens is 452 g/mol. The standard InChI is InChI=1S/C14H20O4.C13H18O4/c1-3-17-11-13(16-2)9-14(15)18-10-12-7-5-4-6-8-12;1-2-16-10-12(14)8-13(15)17-9-11-6-4-3-5-7-11/h4-8,13H,3,9-11H2,1-2H3;3-7,12,14H,2,8-10H2,1H3/t13-;12-/m00/s1. The van der Waals surface area contributed by atoms with Gasteiger partial charge in [0.25, 0.3) is 0 Å². The number of carbonyl (C=O) groups excluding carboxylic acids is 2. The Hall–Kier alpha value is -2.78. The summed E-state index contributed by atoms with van der Waals surface area (Å²) in [4.78, 5) is 22.9. The summed E-state index contributed by atoms with van der Waals surface area (Å²) < 4.78 is 25.6. The third-order valence-corrected chi connectivity index (χ3v) is 4.64. The maximum absolute atomic E-state index is 11.6. The largest absolute Gasteiger partial charge is 0.461 e. The van der Waals surface area contributed by atoms with Crippen LogP contribution in [0.1, 0.15) is 37.8 Å². The Morgan fingerprint density at radius 1 is 0.743 bits per heavy atom. The van der Waals surface area contributed by atoms with E-state index in [-0.39, 0.29) is 38.1 Å². The number of aliphatic hydroxyl groups excluding tert-OH is 1. The molecule has 2 aromatic carbocycles. The van der Waals surface area contributed by atoms with Crippen LogP contribution in [0.15, 0.2) is 60.7 Å². The van der Waals surface area contributed by atoms with Gasteiger partial charge in [-0.05, 0) is 25.0 Å². The van der Waals surface area contributed by atoms with Crippen LogP contribution >= 0.6 is 0 Å². The quantitative estimate of drug-likeness (QED) is 0.377. The van der Waals surface area contributed by atoms with Gasteiger partial charge in [0.15, 0.2) is 0 Å². The van der Waals surface area contributed by atoms with E-state index in [1.54, 1.807) is 7.11 Å². The smallest absolute Gasteiger partial charge is 0.308 e. The molecule has 8 heteroatoms. The van der Waals surface area contributed by atoms with Gasteiger partial charge in [-0.1, -0.05) is 60.7 Å². The zero-order valence-electron chi connectivity index (χ0n) is 20.9. The minimum atomic E-state index is -0.793. The molecule has 2 aromatic rings. The van der Waals surface area contributed by atoms with E-state index in [1.807, 2.05) is 74.5 Å². The van der Waals surface area contributed by atoms with E-state index in [0.29, 0.717) is 26.4 Å².